The molecule has 7 heteroatoms. The number of fused-ring (bicyclic) bond motifs is 1. The zero-order valence-corrected chi connectivity index (χ0v) is 11.1. The molecule has 0 saturated carbocycles. The van der Waals surface area contributed by atoms with Gasteiger partial charge in [0.2, 0.25) is 5.91 Å². The molecule has 1 aromatic heterocycles. The van der Waals surface area contributed by atoms with Gasteiger partial charge in [-0.25, -0.2) is 9.37 Å². The van der Waals surface area contributed by atoms with Crippen LogP contribution in [0, 0.1) is 5.82 Å². The average Bonchev–Trinajstić information content (AvgIpc) is 2.75. The SMILES string of the molecule is O=C(CCCC=C(F)F)Nc1nc2ccc(F)cc2s1. The zero-order valence-electron chi connectivity index (χ0n) is 10.3. The summed E-state index contributed by atoms with van der Waals surface area (Å²) in [7, 11) is 0. The molecule has 1 N–H and O–H groups in total. The van der Waals surface area contributed by atoms with Crippen LogP contribution >= 0.6 is 11.3 Å². The Morgan fingerprint density at radius 2 is 2.20 bits per heavy atom. The van der Waals surface area contributed by atoms with E-state index in [1.165, 1.54) is 29.5 Å². The molecule has 0 unspecified atom stereocenters. The van der Waals surface area contributed by atoms with Crippen LogP contribution in [0.1, 0.15) is 19.3 Å². The van der Waals surface area contributed by atoms with E-state index in [-0.39, 0.29) is 24.6 Å². The lowest BCUT2D eigenvalue weighted by Crippen LogP contribution is -2.10. The van der Waals surface area contributed by atoms with Crippen molar-refractivity contribution in [2.75, 3.05) is 5.32 Å². The van der Waals surface area contributed by atoms with Crippen LogP contribution in [0.15, 0.2) is 30.4 Å². The number of thiazole rings is 1. The van der Waals surface area contributed by atoms with Crippen molar-refractivity contribution >= 4 is 32.6 Å². The van der Waals surface area contributed by atoms with E-state index in [2.05, 4.69) is 10.3 Å². The molecule has 106 valence electrons. The Morgan fingerprint density at radius 3 is 2.95 bits per heavy atom. The van der Waals surface area contributed by atoms with Crippen LogP contribution in [0.25, 0.3) is 10.2 Å². The van der Waals surface area contributed by atoms with Crippen LogP contribution in [-0.2, 0) is 4.79 Å². The third-order valence-corrected chi connectivity index (χ3v) is 3.44. The second kappa shape index (κ2) is 6.51. The first-order valence-corrected chi connectivity index (χ1v) is 6.73. The summed E-state index contributed by atoms with van der Waals surface area (Å²) in [6, 6.07) is 4.18. The standard InChI is InChI=1S/C13H11F3N2OS/c14-8-5-6-9-10(7-8)20-13(17-9)18-12(19)4-2-1-3-11(15)16/h3,5-7H,1-2,4H2,(H,17,18,19). The molecule has 0 aliphatic carbocycles. The first-order chi connectivity index (χ1) is 9.54. The van der Waals surface area contributed by atoms with Gasteiger partial charge >= 0.3 is 0 Å². The van der Waals surface area contributed by atoms with Crippen molar-refractivity contribution in [2.45, 2.75) is 19.3 Å². The van der Waals surface area contributed by atoms with E-state index < -0.39 is 6.08 Å². The zero-order chi connectivity index (χ0) is 14.5. The van der Waals surface area contributed by atoms with Gasteiger partial charge in [-0.3, -0.25) is 4.79 Å². The molecule has 0 spiro atoms. The first kappa shape index (κ1) is 14.5. The monoisotopic (exact) mass is 300 g/mol. The van der Waals surface area contributed by atoms with Crippen LogP contribution in [0.3, 0.4) is 0 Å². The number of nitrogens with zero attached hydrogens (tertiary/aromatic N) is 1. The number of nitrogens with one attached hydrogen (secondary N) is 1. The largest absolute Gasteiger partial charge is 0.302 e. The number of benzene rings is 1. The van der Waals surface area contributed by atoms with Gasteiger partial charge in [-0.2, -0.15) is 8.78 Å². The highest BCUT2D eigenvalue weighted by Crippen LogP contribution is 2.26. The van der Waals surface area contributed by atoms with E-state index in [1.807, 2.05) is 0 Å². The van der Waals surface area contributed by atoms with E-state index in [0.717, 1.165) is 6.08 Å². The number of rotatable bonds is 5. The lowest BCUT2D eigenvalue weighted by Gasteiger charge is -1.99. The predicted octanol–water partition coefficient (Wildman–Crippen LogP) is 4.32. The van der Waals surface area contributed by atoms with Gasteiger partial charge in [0, 0.05) is 6.42 Å². The summed E-state index contributed by atoms with van der Waals surface area (Å²) in [5, 5.41) is 2.95. The molecule has 0 aliphatic rings. The van der Waals surface area contributed by atoms with Crippen molar-refractivity contribution in [1.29, 1.82) is 0 Å². The summed E-state index contributed by atoms with van der Waals surface area (Å²) >= 11 is 1.17. The second-order valence-electron chi connectivity index (χ2n) is 4.07. The quantitative estimate of drug-likeness (QED) is 0.835. The highest BCUT2D eigenvalue weighted by Gasteiger charge is 2.08. The highest BCUT2D eigenvalue weighted by molar-refractivity contribution is 7.22. The van der Waals surface area contributed by atoms with Crippen LogP contribution in [-0.4, -0.2) is 10.9 Å². The topological polar surface area (TPSA) is 42.0 Å². The lowest BCUT2D eigenvalue weighted by atomic mass is 10.2. The normalized spacial score (nSPS) is 10.6. The number of unbranched alkanes of at least 4 members (excludes halogenated alkanes) is 1. The van der Waals surface area contributed by atoms with Gasteiger partial charge in [-0.15, -0.1) is 0 Å². The first-order valence-electron chi connectivity index (χ1n) is 5.92. The van der Waals surface area contributed by atoms with Crippen molar-refractivity contribution in [2.24, 2.45) is 0 Å². The second-order valence-corrected chi connectivity index (χ2v) is 5.10. The van der Waals surface area contributed by atoms with Crippen LogP contribution < -0.4 is 5.32 Å². The Kier molecular flexibility index (Phi) is 4.73. The van der Waals surface area contributed by atoms with Crippen LogP contribution in [0.5, 0.6) is 0 Å². The Bertz CT molecular complexity index is 650. The van der Waals surface area contributed by atoms with E-state index >= 15 is 0 Å². The third kappa shape index (κ3) is 4.06. The van der Waals surface area contributed by atoms with Crippen molar-refractivity contribution in [1.82, 2.24) is 4.98 Å². The highest BCUT2D eigenvalue weighted by atomic mass is 32.1. The molecule has 20 heavy (non-hydrogen) atoms. The van der Waals surface area contributed by atoms with Crippen molar-refractivity contribution in [3.8, 4) is 0 Å². The molecule has 0 fully saturated rings. The number of hydrogen-bond acceptors (Lipinski definition) is 3. The maximum absolute atomic E-state index is 13.0. The Morgan fingerprint density at radius 1 is 1.40 bits per heavy atom. The van der Waals surface area contributed by atoms with Crippen molar-refractivity contribution < 1.29 is 18.0 Å². The van der Waals surface area contributed by atoms with E-state index in [9.17, 15) is 18.0 Å². The molecule has 2 aromatic rings. The van der Waals surface area contributed by atoms with Crippen LogP contribution in [0.2, 0.25) is 0 Å². The molecular weight excluding hydrogens is 289 g/mol. The Balaban J connectivity index is 1.91. The van der Waals surface area contributed by atoms with E-state index in [1.54, 1.807) is 0 Å². The molecule has 1 aromatic carbocycles. The Hall–Kier alpha value is -1.89. The number of carbonyl (C=O) groups is 1. The van der Waals surface area contributed by atoms with Gasteiger partial charge in [0.1, 0.15) is 5.82 Å². The number of halogens is 3. The number of hydrogen-bond donors (Lipinski definition) is 1. The maximum Gasteiger partial charge on any atom is 0.266 e. The fourth-order valence-corrected chi connectivity index (χ4v) is 2.51. The smallest absolute Gasteiger partial charge is 0.266 e. The maximum atomic E-state index is 13.0. The molecule has 0 atom stereocenters. The summed E-state index contributed by atoms with van der Waals surface area (Å²) < 4.78 is 37.2. The van der Waals surface area contributed by atoms with Gasteiger partial charge in [0.05, 0.1) is 10.2 Å². The molecule has 1 amide bonds. The number of carbonyl (C=O) groups excluding carboxylic acids is 1. The van der Waals surface area contributed by atoms with Gasteiger partial charge in [0.25, 0.3) is 6.08 Å². The molecule has 1 heterocycles. The fraction of sp³-hybridized carbons (Fsp3) is 0.231. The van der Waals surface area contributed by atoms with Gasteiger partial charge < -0.3 is 5.32 Å². The molecule has 0 bridgehead atoms. The summed E-state index contributed by atoms with van der Waals surface area (Å²) in [6.07, 6.45) is -0.329. The minimum absolute atomic E-state index is 0.133. The summed E-state index contributed by atoms with van der Waals surface area (Å²) in [5.41, 5.74) is 0.606. The van der Waals surface area contributed by atoms with Gasteiger partial charge in [0.15, 0.2) is 5.13 Å². The molecule has 0 radical (unpaired) electrons. The molecule has 0 saturated heterocycles. The molecule has 3 nitrogen and oxygen atoms in total. The summed E-state index contributed by atoms with van der Waals surface area (Å²) in [4.78, 5) is 15.7. The number of amides is 1. The third-order valence-electron chi connectivity index (χ3n) is 2.50. The van der Waals surface area contributed by atoms with E-state index in [0.29, 0.717) is 21.8 Å². The number of allylic oxidation sites excluding steroid dienone is 1. The van der Waals surface area contributed by atoms with Crippen LogP contribution in [0.4, 0.5) is 18.3 Å². The fourth-order valence-electron chi connectivity index (χ4n) is 1.61. The minimum Gasteiger partial charge on any atom is -0.302 e. The molecule has 2 rings (SSSR count). The average molecular weight is 300 g/mol. The predicted molar refractivity (Wildman–Crippen MR) is 72.4 cm³/mol. The van der Waals surface area contributed by atoms with Gasteiger partial charge in [-0.05, 0) is 37.1 Å². The number of anilines is 1. The van der Waals surface area contributed by atoms with Gasteiger partial charge in [-0.1, -0.05) is 11.3 Å². The van der Waals surface area contributed by atoms with E-state index in [4.69, 9.17) is 0 Å². The minimum atomic E-state index is -1.74. The lowest BCUT2D eigenvalue weighted by molar-refractivity contribution is -0.116. The summed E-state index contributed by atoms with van der Waals surface area (Å²) in [6.45, 7) is 0. The molecular formula is C13H11F3N2OS. The number of aromatic nitrogens is 1. The van der Waals surface area contributed by atoms with Crippen molar-refractivity contribution in [3.63, 3.8) is 0 Å². The molecule has 0 aliphatic heterocycles. The summed E-state index contributed by atoms with van der Waals surface area (Å²) in [5.74, 6) is -0.656. The Labute approximate surface area is 117 Å². The van der Waals surface area contributed by atoms with Crippen molar-refractivity contribution in [3.05, 3.63) is 36.2 Å².